The highest BCUT2D eigenvalue weighted by molar-refractivity contribution is 6.21. The lowest BCUT2D eigenvalue weighted by molar-refractivity contribution is 0.0600. The molecule has 0 radical (unpaired) electrons. The molecule has 0 aromatic heterocycles. The van der Waals surface area contributed by atoms with Crippen LogP contribution in [0.1, 0.15) is 52.8 Å². The molecule has 1 fully saturated rings. The second-order valence-corrected chi connectivity index (χ2v) is 6.36. The maximum absolute atomic E-state index is 12.4. The SMILES string of the molecule is O=C1c2ccccc2C(=O)N1CCN(CCO)C1CCCCC1. The van der Waals surface area contributed by atoms with E-state index in [-0.39, 0.29) is 18.4 Å². The summed E-state index contributed by atoms with van der Waals surface area (Å²) in [5.41, 5.74) is 1.01. The van der Waals surface area contributed by atoms with Gasteiger partial charge in [0.1, 0.15) is 0 Å². The maximum Gasteiger partial charge on any atom is 0.261 e. The molecule has 5 heteroatoms. The monoisotopic (exact) mass is 316 g/mol. The first-order valence-corrected chi connectivity index (χ1v) is 8.52. The van der Waals surface area contributed by atoms with Crippen LogP contribution in [0.2, 0.25) is 0 Å². The van der Waals surface area contributed by atoms with Crippen LogP contribution >= 0.6 is 0 Å². The van der Waals surface area contributed by atoms with Crippen LogP contribution in [0.25, 0.3) is 0 Å². The predicted molar refractivity (Wildman–Crippen MR) is 87.3 cm³/mol. The number of carbonyl (C=O) groups excluding carboxylic acids is 2. The van der Waals surface area contributed by atoms with E-state index in [1.807, 2.05) is 0 Å². The Balaban J connectivity index is 1.64. The van der Waals surface area contributed by atoms with Gasteiger partial charge in [0.25, 0.3) is 11.8 Å². The molecule has 5 nitrogen and oxygen atoms in total. The number of rotatable bonds is 6. The van der Waals surface area contributed by atoms with Crippen LogP contribution in [0.4, 0.5) is 0 Å². The van der Waals surface area contributed by atoms with E-state index in [1.165, 1.54) is 24.2 Å². The van der Waals surface area contributed by atoms with Crippen molar-refractivity contribution in [3.05, 3.63) is 35.4 Å². The van der Waals surface area contributed by atoms with Crippen LogP contribution in [0.5, 0.6) is 0 Å². The average molecular weight is 316 g/mol. The van der Waals surface area contributed by atoms with E-state index >= 15 is 0 Å². The Morgan fingerprint density at radius 1 is 1.00 bits per heavy atom. The standard InChI is InChI=1S/C18H24N2O3/c21-13-12-19(14-6-2-1-3-7-14)10-11-20-17(22)15-8-4-5-9-16(15)18(20)23/h4-5,8-9,14,21H,1-3,6-7,10-13H2. The van der Waals surface area contributed by atoms with Gasteiger partial charge in [-0.15, -0.1) is 0 Å². The van der Waals surface area contributed by atoms with Crippen LogP contribution < -0.4 is 0 Å². The molecule has 3 rings (SSSR count). The van der Waals surface area contributed by atoms with Crippen molar-refractivity contribution in [2.75, 3.05) is 26.2 Å². The average Bonchev–Trinajstić information content (AvgIpc) is 2.84. The molecule has 2 aliphatic rings. The summed E-state index contributed by atoms with van der Waals surface area (Å²) in [6, 6.07) is 7.46. The van der Waals surface area contributed by atoms with Crippen molar-refractivity contribution >= 4 is 11.8 Å². The van der Waals surface area contributed by atoms with Crippen LogP contribution in [-0.2, 0) is 0 Å². The van der Waals surface area contributed by atoms with E-state index in [0.717, 1.165) is 12.8 Å². The van der Waals surface area contributed by atoms with Crippen LogP contribution in [0.15, 0.2) is 24.3 Å². The molecule has 23 heavy (non-hydrogen) atoms. The number of fused-ring (bicyclic) bond motifs is 1. The Labute approximate surface area is 136 Å². The van der Waals surface area contributed by atoms with E-state index in [4.69, 9.17) is 0 Å². The molecule has 0 atom stereocenters. The lowest BCUT2D eigenvalue weighted by atomic mass is 9.94. The highest BCUT2D eigenvalue weighted by Crippen LogP contribution is 2.24. The third-order valence-electron chi connectivity index (χ3n) is 4.97. The van der Waals surface area contributed by atoms with Gasteiger partial charge < -0.3 is 5.11 Å². The van der Waals surface area contributed by atoms with Gasteiger partial charge in [-0.05, 0) is 25.0 Å². The largest absolute Gasteiger partial charge is 0.395 e. The molecular weight excluding hydrogens is 292 g/mol. The Morgan fingerprint density at radius 2 is 1.61 bits per heavy atom. The molecule has 1 aromatic rings. The van der Waals surface area contributed by atoms with Gasteiger partial charge in [-0.25, -0.2) is 0 Å². The van der Waals surface area contributed by atoms with Gasteiger partial charge in [0.15, 0.2) is 0 Å². The normalized spacial score (nSPS) is 18.8. The number of nitrogens with zero attached hydrogens (tertiary/aromatic N) is 2. The first-order chi connectivity index (χ1) is 11.2. The highest BCUT2D eigenvalue weighted by atomic mass is 16.3. The quantitative estimate of drug-likeness (QED) is 0.815. The fourth-order valence-electron chi connectivity index (χ4n) is 3.72. The summed E-state index contributed by atoms with van der Waals surface area (Å²) in [4.78, 5) is 28.4. The van der Waals surface area contributed by atoms with Crippen molar-refractivity contribution in [2.24, 2.45) is 0 Å². The van der Waals surface area contributed by atoms with E-state index < -0.39 is 0 Å². The summed E-state index contributed by atoms with van der Waals surface area (Å²) in [7, 11) is 0. The fraction of sp³-hybridized carbons (Fsp3) is 0.556. The molecular formula is C18H24N2O3. The summed E-state index contributed by atoms with van der Waals surface area (Å²) in [6.07, 6.45) is 6.01. The van der Waals surface area contributed by atoms with Crippen molar-refractivity contribution in [1.29, 1.82) is 0 Å². The van der Waals surface area contributed by atoms with E-state index in [1.54, 1.807) is 24.3 Å². The summed E-state index contributed by atoms with van der Waals surface area (Å²) in [5.74, 6) is -0.392. The number of aliphatic hydroxyl groups excluding tert-OH is 1. The van der Waals surface area contributed by atoms with E-state index in [0.29, 0.717) is 36.8 Å². The van der Waals surface area contributed by atoms with Crippen molar-refractivity contribution in [2.45, 2.75) is 38.1 Å². The molecule has 1 aliphatic carbocycles. The molecule has 1 aliphatic heterocycles. The molecule has 0 bridgehead atoms. The topological polar surface area (TPSA) is 60.9 Å². The van der Waals surface area contributed by atoms with Gasteiger partial charge in [0.2, 0.25) is 0 Å². The Kier molecular flexibility index (Phi) is 5.08. The number of hydrogen-bond donors (Lipinski definition) is 1. The smallest absolute Gasteiger partial charge is 0.261 e. The summed E-state index contributed by atoms with van der Waals surface area (Å²) in [6.45, 7) is 1.74. The molecule has 0 unspecified atom stereocenters. The van der Waals surface area contributed by atoms with Crippen molar-refractivity contribution < 1.29 is 14.7 Å². The summed E-state index contributed by atoms with van der Waals surface area (Å²) < 4.78 is 0. The van der Waals surface area contributed by atoms with Crippen molar-refractivity contribution in [3.8, 4) is 0 Å². The Hall–Kier alpha value is -1.72. The van der Waals surface area contributed by atoms with Gasteiger partial charge in [-0.2, -0.15) is 0 Å². The Morgan fingerprint density at radius 3 is 2.17 bits per heavy atom. The number of hydrogen-bond acceptors (Lipinski definition) is 4. The minimum Gasteiger partial charge on any atom is -0.395 e. The molecule has 1 saturated carbocycles. The zero-order valence-electron chi connectivity index (χ0n) is 13.4. The number of benzene rings is 1. The van der Waals surface area contributed by atoms with Gasteiger partial charge >= 0.3 is 0 Å². The number of imide groups is 1. The minimum absolute atomic E-state index is 0.110. The maximum atomic E-state index is 12.4. The molecule has 1 N–H and O–H groups in total. The van der Waals surface area contributed by atoms with Crippen LogP contribution in [-0.4, -0.2) is 59.0 Å². The fourth-order valence-corrected chi connectivity index (χ4v) is 3.72. The van der Waals surface area contributed by atoms with E-state index in [2.05, 4.69) is 4.90 Å². The first-order valence-electron chi connectivity index (χ1n) is 8.52. The molecule has 1 heterocycles. The van der Waals surface area contributed by atoms with Gasteiger partial charge in [-0.3, -0.25) is 19.4 Å². The zero-order valence-corrected chi connectivity index (χ0v) is 13.4. The highest BCUT2D eigenvalue weighted by Gasteiger charge is 2.35. The van der Waals surface area contributed by atoms with Crippen LogP contribution in [0.3, 0.4) is 0 Å². The number of aliphatic hydroxyl groups is 1. The molecule has 2 amide bonds. The zero-order chi connectivity index (χ0) is 16.2. The minimum atomic E-state index is -0.196. The van der Waals surface area contributed by atoms with E-state index in [9.17, 15) is 14.7 Å². The van der Waals surface area contributed by atoms with Crippen molar-refractivity contribution in [3.63, 3.8) is 0 Å². The van der Waals surface area contributed by atoms with Gasteiger partial charge in [0.05, 0.1) is 17.7 Å². The molecule has 0 saturated heterocycles. The predicted octanol–water partition coefficient (Wildman–Crippen LogP) is 1.91. The van der Waals surface area contributed by atoms with Gasteiger partial charge in [0, 0.05) is 25.7 Å². The lowest BCUT2D eigenvalue weighted by Crippen LogP contribution is -2.44. The van der Waals surface area contributed by atoms with Crippen LogP contribution in [0, 0.1) is 0 Å². The van der Waals surface area contributed by atoms with Gasteiger partial charge in [-0.1, -0.05) is 31.4 Å². The summed E-state index contributed by atoms with van der Waals surface area (Å²) >= 11 is 0. The third kappa shape index (κ3) is 3.31. The Bertz CT molecular complexity index is 546. The third-order valence-corrected chi connectivity index (χ3v) is 4.97. The second kappa shape index (κ2) is 7.23. The number of amides is 2. The first kappa shape index (κ1) is 16.1. The lowest BCUT2D eigenvalue weighted by Gasteiger charge is -2.34. The number of carbonyl (C=O) groups is 2. The summed E-state index contributed by atoms with van der Waals surface area (Å²) in [5, 5.41) is 9.32. The van der Waals surface area contributed by atoms with Crippen molar-refractivity contribution in [1.82, 2.24) is 9.80 Å². The molecule has 124 valence electrons. The second-order valence-electron chi connectivity index (χ2n) is 6.36. The molecule has 0 spiro atoms. The molecule has 1 aromatic carbocycles.